The molecule has 0 amide bonds. The molecule has 1 unspecified atom stereocenters. The Morgan fingerprint density at radius 1 is 1.50 bits per heavy atom. The normalized spacial score (nSPS) is 11.9. The predicted molar refractivity (Wildman–Crippen MR) is 63.7 cm³/mol. The van der Waals surface area contributed by atoms with Crippen molar-refractivity contribution < 1.29 is 4.39 Å². The van der Waals surface area contributed by atoms with Gasteiger partial charge in [0, 0.05) is 11.7 Å². The van der Waals surface area contributed by atoms with E-state index in [0.717, 1.165) is 24.9 Å². The highest BCUT2D eigenvalue weighted by molar-refractivity contribution is 5.48. The molecule has 1 atom stereocenters. The maximum Gasteiger partial charge on any atom is 0.143 e. The average molecular weight is 220 g/mol. The Kier molecular flexibility index (Phi) is 4.78. The zero-order valence-electron chi connectivity index (χ0n) is 9.76. The lowest BCUT2D eigenvalue weighted by molar-refractivity contribution is 0.621. The Morgan fingerprint density at radius 2 is 2.25 bits per heavy atom. The number of anilines is 1. The van der Waals surface area contributed by atoms with Gasteiger partial charge in [0.25, 0.3) is 0 Å². The molecule has 0 spiro atoms. The maximum absolute atomic E-state index is 13.3. The lowest BCUT2D eigenvalue weighted by Gasteiger charge is -2.14. The monoisotopic (exact) mass is 220 g/mol. The lowest BCUT2D eigenvalue weighted by Crippen LogP contribution is -2.14. The zero-order valence-corrected chi connectivity index (χ0v) is 9.76. The zero-order chi connectivity index (χ0) is 12.0. The number of rotatable bonds is 5. The summed E-state index contributed by atoms with van der Waals surface area (Å²) in [7, 11) is 0. The van der Waals surface area contributed by atoms with Crippen LogP contribution in [0.1, 0.15) is 38.7 Å². The summed E-state index contributed by atoms with van der Waals surface area (Å²) in [5, 5.41) is 11.8. The van der Waals surface area contributed by atoms with E-state index in [9.17, 15) is 4.39 Å². The van der Waals surface area contributed by atoms with Crippen LogP contribution in [0.3, 0.4) is 0 Å². The second-order valence-electron chi connectivity index (χ2n) is 3.99. The molecule has 1 N–H and O–H groups in total. The highest BCUT2D eigenvalue weighted by atomic mass is 19.1. The van der Waals surface area contributed by atoms with E-state index < -0.39 is 5.82 Å². The molecule has 3 heteroatoms. The summed E-state index contributed by atoms with van der Waals surface area (Å²) < 4.78 is 13.3. The van der Waals surface area contributed by atoms with Crippen molar-refractivity contribution in [1.29, 1.82) is 5.26 Å². The topological polar surface area (TPSA) is 35.8 Å². The van der Waals surface area contributed by atoms with Gasteiger partial charge in [-0.2, -0.15) is 5.26 Å². The van der Waals surface area contributed by atoms with E-state index in [1.54, 1.807) is 6.07 Å². The minimum Gasteiger partial charge on any atom is -0.383 e. The molecule has 0 fully saturated rings. The van der Waals surface area contributed by atoms with Crippen molar-refractivity contribution in [3.63, 3.8) is 0 Å². The smallest absolute Gasteiger partial charge is 0.143 e. The molecule has 0 aliphatic carbocycles. The number of hydrogen-bond acceptors (Lipinski definition) is 2. The fraction of sp³-hybridized carbons (Fsp3) is 0.462. The highest BCUT2D eigenvalue weighted by Crippen LogP contribution is 2.15. The van der Waals surface area contributed by atoms with Gasteiger partial charge in [0.1, 0.15) is 11.9 Å². The van der Waals surface area contributed by atoms with Crippen LogP contribution < -0.4 is 5.32 Å². The molecule has 0 saturated carbocycles. The van der Waals surface area contributed by atoms with Crippen molar-refractivity contribution in [3.05, 3.63) is 29.6 Å². The Labute approximate surface area is 96.1 Å². The van der Waals surface area contributed by atoms with Crippen LogP contribution in [0, 0.1) is 17.1 Å². The van der Waals surface area contributed by atoms with E-state index in [1.807, 2.05) is 6.07 Å². The van der Waals surface area contributed by atoms with Crippen LogP contribution in [0.15, 0.2) is 18.2 Å². The number of hydrogen-bond donors (Lipinski definition) is 1. The number of unbranched alkanes of at least 4 members (excludes halogenated alkanes) is 1. The molecule has 0 radical (unpaired) electrons. The molecule has 2 nitrogen and oxygen atoms in total. The summed E-state index contributed by atoms with van der Waals surface area (Å²) in [6.45, 7) is 4.22. The van der Waals surface area contributed by atoms with Crippen LogP contribution in [0.25, 0.3) is 0 Å². The van der Waals surface area contributed by atoms with E-state index in [2.05, 4.69) is 19.2 Å². The number of nitrogens with one attached hydrogen (secondary N) is 1. The predicted octanol–water partition coefficient (Wildman–Crippen LogP) is 3.69. The number of nitrogens with zero attached hydrogens (tertiary/aromatic N) is 1. The molecule has 0 aliphatic rings. The van der Waals surface area contributed by atoms with E-state index >= 15 is 0 Å². The van der Waals surface area contributed by atoms with Gasteiger partial charge in [0.05, 0.1) is 5.56 Å². The van der Waals surface area contributed by atoms with Gasteiger partial charge in [-0.1, -0.05) is 19.8 Å². The molecular formula is C13H17FN2. The Hall–Kier alpha value is -1.56. The molecule has 0 aromatic heterocycles. The molecular weight excluding hydrogens is 203 g/mol. The molecule has 1 aromatic rings. The van der Waals surface area contributed by atoms with Crippen LogP contribution in [-0.2, 0) is 0 Å². The van der Waals surface area contributed by atoms with Crippen molar-refractivity contribution in [1.82, 2.24) is 0 Å². The van der Waals surface area contributed by atoms with Crippen molar-refractivity contribution in [2.24, 2.45) is 0 Å². The lowest BCUT2D eigenvalue weighted by atomic mass is 10.1. The van der Waals surface area contributed by atoms with Crippen molar-refractivity contribution in [2.45, 2.75) is 39.2 Å². The van der Waals surface area contributed by atoms with Gasteiger partial charge in [-0.15, -0.1) is 0 Å². The fourth-order valence-electron chi connectivity index (χ4n) is 1.56. The second-order valence-corrected chi connectivity index (χ2v) is 3.99. The van der Waals surface area contributed by atoms with Crippen LogP contribution >= 0.6 is 0 Å². The standard InChI is InChI=1S/C13H17FN2/c1-3-4-5-10(2)16-12-7-6-11(9-15)13(14)8-12/h6-8,10,16H,3-5H2,1-2H3. The van der Waals surface area contributed by atoms with Gasteiger partial charge in [-0.05, 0) is 31.5 Å². The summed E-state index contributed by atoms with van der Waals surface area (Å²) >= 11 is 0. The van der Waals surface area contributed by atoms with Crippen molar-refractivity contribution in [3.8, 4) is 6.07 Å². The number of halogens is 1. The van der Waals surface area contributed by atoms with E-state index in [-0.39, 0.29) is 5.56 Å². The van der Waals surface area contributed by atoms with Gasteiger partial charge >= 0.3 is 0 Å². The summed E-state index contributed by atoms with van der Waals surface area (Å²) in [4.78, 5) is 0. The molecule has 0 bridgehead atoms. The number of benzene rings is 1. The third kappa shape index (κ3) is 3.54. The SMILES string of the molecule is CCCCC(C)Nc1ccc(C#N)c(F)c1. The maximum atomic E-state index is 13.3. The van der Waals surface area contributed by atoms with Crippen LogP contribution in [-0.4, -0.2) is 6.04 Å². The molecule has 1 aromatic carbocycles. The largest absolute Gasteiger partial charge is 0.383 e. The van der Waals surface area contributed by atoms with E-state index in [4.69, 9.17) is 5.26 Å². The van der Waals surface area contributed by atoms with Crippen molar-refractivity contribution >= 4 is 5.69 Å². The van der Waals surface area contributed by atoms with Crippen molar-refractivity contribution in [2.75, 3.05) is 5.32 Å². The van der Waals surface area contributed by atoms with Crippen LogP contribution in [0.4, 0.5) is 10.1 Å². The van der Waals surface area contributed by atoms with Gasteiger partial charge in [-0.3, -0.25) is 0 Å². The summed E-state index contributed by atoms with van der Waals surface area (Å²) in [5.74, 6) is -0.463. The van der Waals surface area contributed by atoms with Gasteiger partial charge < -0.3 is 5.32 Å². The van der Waals surface area contributed by atoms with E-state index in [0.29, 0.717) is 6.04 Å². The van der Waals surface area contributed by atoms with Gasteiger partial charge in [0.15, 0.2) is 0 Å². The summed E-state index contributed by atoms with van der Waals surface area (Å²) in [6.07, 6.45) is 3.39. The first-order chi connectivity index (χ1) is 7.67. The Bertz CT molecular complexity index is 382. The third-order valence-corrected chi connectivity index (χ3v) is 2.49. The molecule has 1 rings (SSSR count). The number of nitriles is 1. The molecule has 0 aliphatic heterocycles. The quantitative estimate of drug-likeness (QED) is 0.821. The third-order valence-electron chi connectivity index (χ3n) is 2.49. The Balaban J connectivity index is 2.61. The summed E-state index contributed by atoms with van der Waals surface area (Å²) in [5.41, 5.74) is 0.826. The van der Waals surface area contributed by atoms with Gasteiger partial charge in [0.2, 0.25) is 0 Å². The van der Waals surface area contributed by atoms with E-state index in [1.165, 1.54) is 12.1 Å². The fourth-order valence-corrected chi connectivity index (χ4v) is 1.56. The van der Waals surface area contributed by atoms with Crippen LogP contribution in [0.2, 0.25) is 0 Å². The second kappa shape index (κ2) is 6.12. The minimum absolute atomic E-state index is 0.0896. The van der Waals surface area contributed by atoms with Gasteiger partial charge in [-0.25, -0.2) is 4.39 Å². The Morgan fingerprint density at radius 3 is 2.81 bits per heavy atom. The molecule has 16 heavy (non-hydrogen) atoms. The molecule has 0 heterocycles. The summed E-state index contributed by atoms with van der Waals surface area (Å²) in [6, 6.07) is 6.75. The average Bonchev–Trinajstić information content (AvgIpc) is 2.26. The highest BCUT2D eigenvalue weighted by Gasteiger charge is 2.05. The minimum atomic E-state index is -0.463. The van der Waals surface area contributed by atoms with Crippen LogP contribution in [0.5, 0.6) is 0 Å². The molecule has 0 saturated heterocycles. The first-order valence-electron chi connectivity index (χ1n) is 5.63. The first kappa shape index (κ1) is 12.5. The molecule has 86 valence electrons. The first-order valence-corrected chi connectivity index (χ1v) is 5.63.